The van der Waals surface area contributed by atoms with Crippen LogP contribution >= 0.6 is 0 Å². The van der Waals surface area contributed by atoms with Gasteiger partial charge in [-0.3, -0.25) is 0 Å². The van der Waals surface area contributed by atoms with Crippen molar-refractivity contribution >= 4 is 65.2 Å². The Kier molecular flexibility index (Phi) is 4.36. The third-order valence-corrected chi connectivity index (χ3v) is 8.43. The van der Waals surface area contributed by atoms with E-state index in [1.807, 2.05) is 0 Å². The van der Waals surface area contributed by atoms with Crippen LogP contribution < -0.4 is 0 Å². The van der Waals surface area contributed by atoms with E-state index in [1.165, 1.54) is 76.5 Å². The second-order valence-corrected chi connectivity index (χ2v) is 10.7. The SMILES string of the molecule is c1ccc(-n2c3ccccc3c3cc4cc5c6ccccc6n(-c6ccc7ccccc7c6)c5cc4cc32)cc1. The first-order valence-electron chi connectivity index (χ1n) is 13.8. The van der Waals surface area contributed by atoms with Crippen LogP contribution in [0.1, 0.15) is 0 Å². The molecule has 40 heavy (non-hydrogen) atoms. The van der Waals surface area contributed by atoms with Gasteiger partial charge in [-0.05, 0) is 82.2 Å². The topological polar surface area (TPSA) is 9.86 Å². The Morgan fingerprint density at radius 2 is 0.800 bits per heavy atom. The average Bonchev–Trinajstić information content (AvgIpc) is 3.51. The summed E-state index contributed by atoms with van der Waals surface area (Å²) in [4.78, 5) is 0. The van der Waals surface area contributed by atoms with Gasteiger partial charge in [0.1, 0.15) is 0 Å². The molecule has 0 saturated carbocycles. The number of benzene rings is 7. The number of aromatic nitrogens is 2. The van der Waals surface area contributed by atoms with Crippen molar-refractivity contribution in [2.75, 3.05) is 0 Å². The number of nitrogens with zero attached hydrogens (tertiary/aromatic N) is 2. The fourth-order valence-electron chi connectivity index (χ4n) is 6.63. The molecule has 0 bridgehead atoms. The van der Waals surface area contributed by atoms with Gasteiger partial charge in [0.05, 0.1) is 22.1 Å². The molecule has 9 rings (SSSR count). The molecule has 9 aromatic rings. The molecule has 186 valence electrons. The monoisotopic (exact) mass is 508 g/mol. The lowest BCUT2D eigenvalue weighted by atomic mass is 10.0. The fraction of sp³-hybridized carbons (Fsp3) is 0. The molecule has 0 spiro atoms. The molecule has 0 aliphatic heterocycles. The van der Waals surface area contributed by atoms with Crippen LogP contribution in [0.4, 0.5) is 0 Å². The van der Waals surface area contributed by atoms with Crippen LogP contribution in [0.5, 0.6) is 0 Å². The highest BCUT2D eigenvalue weighted by atomic mass is 15.0. The Balaban J connectivity index is 1.40. The maximum atomic E-state index is 2.42. The maximum Gasteiger partial charge on any atom is 0.0547 e. The predicted octanol–water partition coefficient (Wildman–Crippen LogP) is 10.2. The number of para-hydroxylation sites is 3. The lowest BCUT2D eigenvalue weighted by Gasteiger charge is -2.11. The van der Waals surface area contributed by atoms with Crippen LogP contribution in [0.3, 0.4) is 0 Å². The first-order chi connectivity index (χ1) is 19.8. The minimum atomic E-state index is 1.18. The highest BCUT2D eigenvalue weighted by Gasteiger charge is 2.17. The largest absolute Gasteiger partial charge is 0.309 e. The first-order valence-corrected chi connectivity index (χ1v) is 13.8. The van der Waals surface area contributed by atoms with Gasteiger partial charge >= 0.3 is 0 Å². The summed E-state index contributed by atoms with van der Waals surface area (Å²) in [7, 11) is 0. The zero-order valence-electron chi connectivity index (χ0n) is 21.8. The standard InChI is InChI=1S/C38H24N2/c1-2-12-29(13-3-1)39-35-16-8-6-14-31(35)33-21-27-22-34-32-15-7-9-17-36(32)40(38(34)24-28(27)23-37(33)39)30-19-18-25-10-4-5-11-26(25)20-30/h1-24H. The zero-order chi connectivity index (χ0) is 26.2. The highest BCUT2D eigenvalue weighted by molar-refractivity contribution is 6.18. The molecule has 0 aliphatic rings. The number of hydrogen-bond acceptors (Lipinski definition) is 0. The summed E-state index contributed by atoms with van der Waals surface area (Å²) in [6.07, 6.45) is 0. The van der Waals surface area contributed by atoms with Gasteiger partial charge < -0.3 is 9.13 Å². The van der Waals surface area contributed by atoms with E-state index in [0.717, 1.165) is 0 Å². The van der Waals surface area contributed by atoms with E-state index in [-0.39, 0.29) is 0 Å². The number of hydrogen-bond donors (Lipinski definition) is 0. The van der Waals surface area contributed by atoms with Crippen LogP contribution in [0.2, 0.25) is 0 Å². The van der Waals surface area contributed by atoms with Gasteiger partial charge in [0.25, 0.3) is 0 Å². The number of fused-ring (bicyclic) bond motifs is 8. The summed E-state index contributed by atoms with van der Waals surface area (Å²) in [5.41, 5.74) is 7.28. The molecule has 2 heterocycles. The Morgan fingerprint density at radius 3 is 1.48 bits per heavy atom. The van der Waals surface area contributed by atoms with Crippen molar-refractivity contribution < 1.29 is 0 Å². The van der Waals surface area contributed by atoms with Crippen molar-refractivity contribution in [3.8, 4) is 11.4 Å². The molecule has 0 fully saturated rings. The summed E-state index contributed by atoms with van der Waals surface area (Å²) in [5, 5.41) is 10.1. The van der Waals surface area contributed by atoms with Crippen LogP contribution in [-0.2, 0) is 0 Å². The van der Waals surface area contributed by atoms with Gasteiger partial charge in [-0.1, -0.05) is 84.9 Å². The predicted molar refractivity (Wildman–Crippen MR) is 170 cm³/mol. The Labute approximate surface area is 230 Å². The second-order valence-electron chi connectivity index (χ2n) is 10.7. The van der Waals surface area contributed by atoms with Crippen molar-refractivity contribution in [2.45, 2.75) is 0 Å². The van der Waals surface area contributed by atoms with Gasteiger partial charge in [0.15, 0.2) is 0 Å². The van der Waals surface area contributed by atoms with Crippen LogP contribution in [-0.4, -0.2) is 9.13 Å². The quantitative estimate of drug-likeness (QED) is 0.220. The highest BCUT2D eigenvalue weighted by Crippen LogP contribution is 2.39. The molecule has 0 radical (unpaired) electrons. The van der Waals surface area contributed by atoms with E-state index in [4.69, 9.17) is 0 Å². The average molecular weight is 509 g/mol. The van der Waals surface area contributed by atoms with Gasteiger partial charge in [-0.15, -0.1) is 0 Å². The third-order valence-electron chi connectivity index (χ3n) is 8.43. The zero-order valence-corrected chi connectivity index (χ0v) is 21.8. The summed E-state index contributed by atoms with van der Waals surface area (Å²) >= 11 is 0. The van der Waals surface area contributed by atoms with Crippen molar-refractivity contribution in [2.24, 2.45) is 0 Å². The molecule has 2 aromatic heterocycles. The minimum Gasteiger partial charge on any atom is -0.309 e. The molecule has 2 nitrogen and oxygen atoms in total. The Hall–Kier alpha value is -5.34. The van der Waals surface area contributed by atoms with E-state index < -0.39 is 0 Å². The van der Waals surface area contributed by atoms with E-state index in [0.29, 0.717) is 0 Å². The van der Waals surface area contributed by atoms with Crippen LogP contribution in [0.25, 0.3) is 76.5 Å². The second kappa shape index (κ2) is 8.08. The van der Waals surface area contributed by atoms with E-state index >= 15 is 0 Å². The molecule has 0 aliphatic carbocycles. The molecule has 0 saturated heterocycles. The third kappa shape index (κ3) is 2.99. The molecule has 7 aromatic carbocycles. The lowest BCUT2D eigenvalue weighted by molar-refractivity contribution is 1.18. The van der Waals surface area contributed by atoms with E-state index in [9.17, 15) is 0 Å². The maximum absolute atomic E-state index is 2.42. The van der Waals surface area contributed by atoms with Gasteiger partial charge in [-0.25, -0.2) is 0 Å². The molecular formula is C38H24N2. The van der Waals surface area contributed by atoms with Gasteiger partial charge in [0.2, 0.25) is 0 Å². The number of rotatable bonds is 2. The van der Waals surface area contributed by atoms with Crippen molar-refractivity contribution in [3.63, 3.8) is 0 Å². The van der Waals surface area contributed by atoms with Crippen LogP contribution in [0.15, 0.2) is 146 Å². The molecule has 0 N–H and O–H groups in total. The normalized spacial score (nSPS) is 12.0. The lowest BCUT2D eigenvalue weighted by Crippen LogP contribution is -1.94. The summed E-state index contributed by atoms with van der Waals surface area (Å²) < 4.78 is 4.82. The molecule has 0 amide bonds. The summed E-state index contributed by atoms with van der Waals surface area (Å²) in [6, 6.07) is 53.1. The van der Waals surface area contributed by atoms with Gasteiger partial charge in [0, 0.05) is 32.9 Å². The van der Waals surface area contributed by atoms with Crippen molar-refractivity contribution in [1.29, 1.82) is 0 Å². The van der Waals surface area contributed by atoms with Crippen molar-refractivity contribution in [3.05, 3.63) is 146 Å². The van der Waals surface area contributed by atoms with Crippen molar-refractivity contribution in [1.82, 2.24) is 9.13 Å². The molecule has 0 atom stereocenters. The smallest absolute Gasteiger partial charge is 0.0547 e. The molecular weight excluding hydrogens is 484 g/mol. The van der Waals surface area contributed by atoms with E-state index in [1.54, 1.807) is 0 Å². The summed E-state index contributed by atoms with van der Waals surface area (Å²) in [5.74, 6) is 0. The Bertz CT molecular complexity index is 2420. The first kappa shape index (κ1) is 21.6. The van der Waals surface area contributed by atoms with E-state index in [2.05, 4.69) is 155 Å². The fourth-order valence-corrected chi connectivity index (χ4v) is 6.63. The van der Waals surface area contributed by atoms with Crippen LogP contribution in [0, 0.1) is 0 Å². The van der Waals surface area contributed by atoms with Gasteiger partial charge in [-0.2, -0.15) is 0 Å². The molecule has 0 unspecified atom stereocenters. The molecule has 2 heteroatoms. The minimum absolute atomic E-state index is 1.18. The Morgan fingerprint density at radius 1 is 0.275 bits per heavy atom. The summed E-state index contributed by atoms with van der Waals surface area (Å²) in [6.45, 7) is 0.